The molecule has 6 nitrogen and oxygen atoms in total. The average molecular weight is 598 g/mol. The lowest BCUT2D eigenvalue weighted by Gasteiger charge is -2.32. The summed E-state index contributed by atoms with van der Waals surface area (Å²) in [7, 11) is 0. The van der Waals surface area contributed by atoms with Crippen molar-refractivity contribution in [3.05, 3.63) is 99.5 Å². The van der Waals surface area contributed by atoms with Gasteiger partial charge in [0.25, 0.3) is 5.91 Å². The van der Waals surface area contributed by atoms with Gasteiger partial charge in [0, 0.05) is 35.2 Å². The Morgan fingerprint density at radius 3 is 2.28 bits per heavy atom. The summed E-state index contributed by atoms with van der Waals surface area (Å²) >= 11 is 3.24. The average Bonchev–Trinajstić information content (AvgIpc) is 2.93. The summed E-state index contributed by atoms with van der Waals surface area (Å²) in [5.74, 6) is -1.23. The number of hydrogen-bond donors (Lipinski definition) is 2. The third-order valence-electron chi connectivity index (χ3n) is 6.97. The van der Waals surface area contributed by atoms with Gasteiger partial charge < -0.3 is 15.5 Å². The van der Waals surface area contributed by atoms with Crippen molar-refractivity contribution < 1.29 is 23.2 Å². The van der Waals surface area contributed by atoms with Crippen LogP contribution in [0.4, 0.5) is 14.5 Å². The number of piperidine rings is 1. The summed E-state index contributed by atoms with van der Waals surface area (Å²) in [5, 5.41) is 5.41. The van der Waals surface area contributed by atoms with E-state index in [1.54, 1.807) is 19.1 Å². The van der Waals surface area contributed by atoms with Gasteiger partial charge >= 0.3 is 0 Å². The second-order valence-electron chi connectivity index (χ2n) is 9.70. The van der Waals surface area contributed by atoms with Crippen molar-refractivity contribution in [3.63, 3.8) is 0 Å². The van der Waals surface area contributed by atoms with Crippen LogP contribution >= 0.6 is 15.9 Å². The van der Waals surface area contributed by atoms with Crippen LogP contribution in [0, 0.1) is 11.6 Å². The molecule has 3 aromatic carbocycles. The summed E-state index contributed by atoms with van der Waals surface area (Å²) in [4.78, 5) is 39.4. The van der Waals surface area contributed by atoms with Gasteiger partial charge in [-0.05, 0) is 91.8 Å². The van der Waals surface area contributed by atoms with Crippen LogP contribution in [0.1, 0.15) is 53.6 Å². The van der Waals surface area contributed by atoms with E-state index in [1.807, 2.05) is 29.2 Å². The molecule has 39 heavy (non-hydrogen) atoms. The van der Waals surface area contributed by atoms with E-state index in [2.05, 4.69) is 26.6 Å². The molecule has 2 N–H and O–H groups in total. The summed E-state index contributed by atoms with van der Waals surface area (Å²) in [6.45, 7) is 2.88. The standard InChI is InChI=1S/C30H30BrF2N3O3/c1-19(34-30(39)23-3-9-25(32)10-4-23)29(38)35-26-11-5-20(6-12-26)21-14-16-36(17-15-21)28(37)13-7-22-2-8-24(31)18-27(22)33/h2-6,8-12,18-19,21H,7,13-17H2,1H3,(H,34,39)(H,35,38). The molecule has 1 aliphatic rings. The lowest BCUT2D eigenvalue weighted by molar-refractivity contribution is -0.132. The van der Waals surface area contributed by atoms with Crippen molar-refractivity contribution in [2.24, 2.45) is 0 Å². The third kappa shape index (κ3) is 7.72. The van der Waals surface area contributed by atoms with Crippen LogP contribution in [-0.2, 0) is 16.0 Å². The van der Waals surface area contributed by atoms with Crippen molar-refractivity contribution in [1.29, 1.82) is 0 Å². The number of nitrogens with zero attached hydrogens (tertiary/aromatic N) is 1. The Morgan fingerprint density at radius 1 is 0.974 bits per heavy atom. The van der Waals surface area contributed by atoms with Gasteiger partial charge in [-0.2, -0.15) is 0 Å². The normalized spacial score (nSPS) is 14.5. The number of benzene rings is 3. The molecule has 3 aromatic rings. The molecule has 0 radical (unpaired) electrons. The van der Waals surface area contributed by atoms with Crippen LogP contribution in [0.25, 0.3) is 0 Å². The van der Waals surface area contributed by atoms with Crippen LogP contribution in [0.15, 0.2) is 71.2 Å². The molecule has 0 bridgehead atoms. The molecule has 1 unspecified atom stereocenters. The lowest BCUT2D eigenvalue weighted by atomic mass is 9.89. The number of carbonyl (C=O) groups excluding carboxylic acids is 3. The largest absolute Gasteiger partial charge is 0.343 e. The summed E-state index contributed by atoms with van der Waals surface area (Å²) in [5.41, 5.74) is 2.55. The predicted octanol–water partition coefficient (Wildman–Crippen LogP) is 5.82. The molecule has 9 heteroatoms. The minimum absolute atomic E-state index is 0.0365. The number of amides is 3. The maximum atomic E-state index is 14.0. The monoisotopic (exact) mass is 597 g/mol. The highest BCUT2D eigenvalue weighted by Crippen LogP contribution is 2.29. The van der Waals surface area contributed by atoms with Gasteiger partial charge in [-0.1, -0.05) is 34.1 Å². The van der Waals surface area contributed by atoms with Crippen molar-refractivity contribution in [2.75, 3.05) is 18.4 Å². The summed E-state index contributed by atoms with van der Waals surface area (Å²) in [6, 6.07) is 16.8. The Hall–Kier alpha value is -3.59. The maximum absolute atomic E-state index is 14.0. The fraction of sp³-hybridized carbons (Fsp3) is 0.300. The molecule has 1 aliphatic heterocycles. The van der Waals surface area contributed by atoms with Gasteiger partial charge in [0.1, 0.15) is 17.7 Å². The number of rotatable bonds is 8. The Bertz CT molecular complexity index is 1320. The Morgan fingerprint density at radius 2 is 1.64 bits per heavy atom. The van der Waals surface area contributed by atoms with Crippen LogP contribution in [-0.4, -0.2) is 41.8 Å². The summed E-state index contributed by atoms with van der Waals surface area (Å²) < 4.78 is 27.8. The number of aryl methyl sites for hydroxylation is 1. The van der Waals surface area contributed by atoms with Gasteiger partial charge in [0.15, 0.2) is 0 Å². The topological polar surface area (TPSA) is 78.5 Å². The van der Waals surface area contributed by atoms with E-state index in [4.69, 9.17) is 0 Å². The molecule has 3 amide bonds. The second-order valence-corrected chi connectivity index (χ2v) is 10.6. The zero-order valence-corrected chi connectivity index (χ0v) is 23.1. The highest BCUT2D eigenvalue weighted by atomic mass is 79.9. The highest BCUT2D eigenvalue weighted by molar-refractivity contribution is 9.10. The third-order valence-corrected chi connectivity index (χ3v) is 7.46. The number of hydrogen-bond acceptors (Lipinski definition) is 3. The van der Waals surface area contributed by atoms with Gasteiger partial charge in [-0.25, -0.2) is 8.78 Å². The Balaban J connectivity index is 1.22. The van der Waals surface area contributed by atoms with E-state index in [9.17, 15) is 23.2 Å². The Labute approximate surface area is 234 Å². The first kappa shape index (κ1) is 28.4. The molecular formula is C30H30BrF2N3O3. The molecule has 204 valence electrons. The maximum Gasteiger partial charge on any atom is 0.251 e. The first-order chi connectivity index (χ1) is 18.7. The molecule has 0 saturated carbocycles. The van der Waals surface area contributed by atoms with Crippen molar-refractivity contribution >= 4 is 39.3 Å². The van der Waals surface area contributed by atoms with Crippen molar-refractivity contribution in [1.82, 2.24) is 10.2 Å². The number of likely N-dealkylation sites (tertiary alicyclic amines) is 1. The zero-order chi connectivity index (χ0) is 27.9. The van der Waals surface area contributed by atoms with Gasteiger partial charge in [0.2, 0.25) is 11.8 Å². The quantitative estimate of drug-likeness (QED) is 0.343. The molecule has 0 aromatic heterocycles. The molecule has 1 fully saturated rings. The van der Waals surface area contributed by atoms with E-state index < -0.39 is 17.8 Å². The van der Waals surface area contributed by atoms with Crippen LogP contribution in [0.2, 0.25) is 0 Å². The molecule has 4 rings (SSSR count). The minimum Gasteiger partial charge on any atom is -0.343 e. The van der Waals surface area contributed by atoms with Crippen molar-refractivity contribution in [2.45, 2.75) is 44.6 Å². The molecular weight excluding hydrogens is 568 g/mol. The van der Waals surface area contributed by atoms with E-state index >= 15 is 0 Å². The number of carbonyl (C=O) groups is 3. The van der Waals surface area contributed by atoms with Crippen LogP contribution < -0.4 is 10.6 Å². The first-order valence-electron chi connectivity index (χ1n) is 12.9. The molecule has 0 spiro atoms. The molecule has 1 atom stereocenters. The minimum atomic E-state index is -0.788. The fourth-order valence-electron chi connectivity index (χ4n) is 4.62. The zero-order valence-electron chi connectivity index (χ0n) is 21.6. The molecule has 1 heterocycles. The van der Waals surface area contributed by atoms with E-state index in [0.717, 1.165) is 18.4 Å². The van der Waals surface area contributed by atoms with Gasteiger partial charge in [-0.3, -0.25) is 14.4 Å². The van der Waals surface area contributed by atoms with E-state index in [1.165, 1.54) is 30.3 Å². The number of anilines is 1. The Kier molecular flexibility index (Phi) is 9.45. The number of halogens is 3. The predicted molar refractivity (Wildman–Crippen MR) is 149 cm³/mol. The molecule has 1 saturated heterocycles. The van der Waals surface area contributed by atoms with Crippen molar-refractivity contribution in [3.8, 4) is 0 Å². The van der Waals surface area contributed by atoms with E-state index in [0.29, 0.717) is 41.2 Å². The SMILES string of the molecule is CC(NC(=O)c1ccc(F)cc1)C(=O)Nc1ccc(C2CCN(C(=O)CCc3ccc(Br)cc3F)CC2)cc1. The fourth-order valence-corrected chi connectivity index (χ4v) is 4.96. The number of nitrogens with one attached hydrogen (secondary N) is 2. The highest BCUT2D eigenvalue weighted by Gasteiger charge is 2.24. The second kappa shape index (κ2) is 13.0. The molecule has 0 aliphatic carbocycles. The smallest absolute Gasteiger partial charge is 0.251 e. The lowest BCUT2D eigenvalue weighted by Crippen LogP contribution is -2.41. The van der Waals surface area contributed by atoms with Gasteiger partial charge in [-0.15, -0.1) is 0 Å². The van der Waals surface area contributed by atoms with Crippen LogP contribution in [0.5, 0.6) is 0 Å². The van der Waals surface area contributed by atoms with Crippen LogP contribution in [0.3, 0.4) is 0 Å². The first-order valence-corrected chi connectivity index (χ1v) is 13.7. The van der Waals surface area contributed by atoms with E-state index in [-0.39, 0.29) is 29.6 Å². The summed E-state index contributed by atoms with van der Waals surface area (Å²) in [6.07, 6.45) is 2.31. The van der Waals surface area contributed by atoms with Gasteiger partial charge in [0.05, 0.1) is 0 Å².